The summed E-state index contributed by atoms with van der Waals surface area (Å²) < 4.78 is 4.68. The Hall–Kier alpha value is -3.90. The van der Waals surface area contributed by atoms with E-state index in [1.807, 2.05) is 10.6 Å². The van der Waals surface area contributed by atoms with Crippen LogP contribution in [-0.2, 0) is 27.2 Å². The molecule has 0 saturated heterocycles. The number of nitrogens with zero attached hydrogens (tertiary/aromatic N) is 2. The van der Waals surface area contributed by atoms with Crippen molar-refractivity contribution in [2.24, 2.45) is 0 Å². The van der Waals surface area contributed by atoms with Crippen molar-refractivity contribution in [1.29, 1.82) is 0 Å². The van der Waals surface area contributed by atoms with Crippen LogP contribution in [0.1, 0.15) is 11.4 Å². The third-order valence-corrected chi connectivity index (χ3v) is 3.32. The van der Waals surface area contributed by atoms with Crippen LogP contribution in [0.2, 0.25) is 0 Å². The molecule has 2 aromatic rings. The van der Waals surface area contributed by atoms with E-state index in [9.17, 15) is 19.2 Å². The predicted octanol–water partition coefficient (Wildman–Crippen LogP) is -0.740. The van der Waals surface area contributed by atoms with Gasteiger partial charge in [-0.3, -0.25) is 0 Å². The van der Waals surface area contributed by atoms with Crippen LogP contribution in [0.4, 0.5) is 9.59 Å². The average Bonchev–Trinajstić information content (AvgIpc) is 3.26. The summed E-state index contributed by atoms with van der Waals surface area (Å²) in [6, 6.07) is -2.80. The van der Waals surface area contributed by atoms with Crippen molar-refractivity contribution in [3.8, 4) is 0 Å². The molecule has 0 aliphatic heterocycles. The highest BCUT2D eigenvalue weighted by Crippen LogP contribution is 2.05. The topological polar surface area (TPSA) is 199 Å². The molecule has 2 heterocycles. The standard InChI is InChI=1S/C14H16N6O7/c21-11(9(19-13(23)24)1-7-3-15-5-17-7)27-12(22)10(20-14(25)26)2-8-4-16-6-18-8/h3-6,9-10,19-20H,1-2H2,(H,15,17)(H,16,18)(H,23,24)(H,25,26)/t9-,10-/m0/s1. The number of carbonyl (C=O) groups excluding carboxylic acids is 2. The molecule has 13 nitrogen and oxygen atoms in total. The van der Waals surface area contributed by atoms with E-state index >= 15 is 0 Å². The molecular formula is C14H16N6O7. The summed E-state index contributed by atoms with van der Waals surface area (Å²) in [6.07, 6.45) is 2.13. The van der Waals surface area contributed by atoms with Gasteiger partial charge in [-0.1, -0.05) is 0 Å². The van der Waals surface area contributed by atoms with Gasteiger partial charge in [-0.05, 0) is 0 Å². The number of aromatic nitrogens is 4. The largest absolute Gasteiger partial charge is 0.465 e. The van der Waals surface area contributed by atoms with Gasteiger partial charge in [-0.25, -0.2) is 29.1 Å². The smallest absolute Gasteiger partial charge is 0.405 e. The van der Waals surface area contributed by atoms with E-state index in [0.717, 1.165) is 0 Å². The van der Waals surface area contributed by atoms with Crippen molar-refractivity contribution >= 4 is 24.1 Å². The summed E-state index contributed by atoms with van der Waals surface area (Å²) in [5.41, 5.74) is 0.853. The molecule has 0 fully saturated rings. The quantitative estimate of drug-likeness (QED) is 0.252. The zero-order valence-corrected chi connectivity index (χ0v) is 13.7. The van der Waals surface area contributed by atoms with Gasteiger partial charge in [0, 0.05) is 36.6 Å². The fourth-order valence-electron chi connectivity index (χ4n) is 2.16. The molecule has 2 atom stereocenters. The minimum atomic E-state index is -1.50. The Labute approximate surface area is 151 Å². The number of hydrogen-bond acceptors (Lipinski definition) is 7. The predicted molar refractivity (Wildman–Crippen MR) is 85.6 cm³/mol. The maximum Gasteiger partial charge on any atom is 0.405 e. The van der Waals surface area contributed by atoms with Gasteiger partial charge in [-0.15, -0.1) is 0 Å². The molecule has 0 aromatic carbocycles. The van der Waals surface area contributed by atoms with Crippen LogP contribution in [0, 0.1) is 0 Å². The highest BCUT2D eigenvalue weighted by molar-refractivity contribution is 5.93. The van der Waals surface area contributed by atoms with Gasteiger partial charge in [0.05, 0.1) is 12.7 Å². The number of amides is 2. The highest BCUT2D eigenvalue weighted by Gasteiger charge is 2.30. The van der Waals surface area contributed by atoms with E-state index in [0.29, 0.717) is 11.4 Å². The lowest BCUT2D eigenvalue weighted by Crippen LogP contribution is -2.48. The second kappa shape index (κ2) is 8.98. The minimum absolute atomic E-state index is 0.143. The minimum Gasteiger partial charge on any atom is -0.465 e. The Morgan fingerprint density at radius 3 is 1.59 bits per heavy atom. The van der Waals surface area contributed by atoms with Crippen LogP contribution < -0.4 is 10.6 Å². The van der Waals surface area contributed by atoms with Crippen molar-refractivity contribution < 1.29 is 34.1 Å². The molecule has 0 aliphatic rings. The molecular weight excluding hydrogens is 364 g/mol. The second-order valence-electron chi connectivity index (χ2n) is 5.31. The van der Waals surface area contributed by atoms with Gasteiger partial charge >= 0.3 is 24.1 Å². The Morgan fingerprint density at radius 2 is 1.30 bits per heavy atom. The first kappa shape index (κ1) is 19.4. The first-order valence-corrected chi connectivity index (χ1v) is 7.54. The first-order valence-electron chi connectivity index (χ1n) is 7.54. The van der Waals surface area contributed by atoms with Crippen LogP contribution in [-0.4, -0.2) is 66.4 Å². The van der Waals surface area contributed by atoms with Crippen molar-refractivity contribution in [3.05, 3.63) is 36.4 Å². The molecule has 2 aromatic heterocycles. The Bertz CT molecular complexity index is 723. The number of nitrogens with one attached hydrogen (secondary N) is 4. The van der Waals surface area contributed by atoms with Crippen LogP contribution in [0.5, 0.6) is 0 Å². The van der Waals surface area contributed by atoms with Gasteiger partial charge in [0.15, 0.2) is 0 Å². The lowest BCUT2D eigenvalue weighted by molar-refractivity contribution is -0.162. The Balaban J connectivity index is 2.06. The number of rotatable bonds is 8. The normalized spacial score (nSPS) is 12.6. The molecule has 0 aliphatic carbocycles. The molecule has 0 radical (unpaired) electrons. The zero-order valence-electron chi connectivity index (χ0n) is 13.7. The van der Waals surface area contributed by atoms with E-state index in [4.69, 9.17) is 10.2 Å². The number of H-pyrrole nitrogens is 2. The number of aromatic amines is 2. The summed E-state index contributed by atoms with van der Waals surface area (Å²) in [7, 11) is 0. The van der Waals surface area contributed by atoms with Crippen LogP contribution >= 0.6 is 0 Å². The maximum atomic E-state index is 12.2. The number of esters is 2. The lowest BCUT2D eigenvalue weighted by atomic mass is 10.1. The van der Waals surface area contributed by atoms with Gasteiger partial charge in [-0.2, -0.15) is 0 Å². The second-order valence-corrected chi connectivity index (χ2v) is 5.31. The van der Waals surface area contributed by atoms with Gasteiger partial charge in [0.25, 0.3) is 0 Å². The fraction of sp³-hybridized carbons (Fsp3) is 0.286. The third-order valence-electron chi connectivity index (χ3n) is 3.32. The summed E-state index contributed by atoms with van der Waals surface area (Å²) in [6.45, 7) is 0. The van der Waals surface area contributed by atoms with E-state index < -0.39 is 36.2 Å². The maximum absolute atomic E-state index is 12.2. The zero-order chi connectivity index (χ0) is 19.8. The summed E-state index contributed by atoms with van der Waals surface area (Å²) in [5.74, 6) is -2.36. The van der Waals surface area contributed by atoms with Crippen LogP contribution in [0.25, 0.3) is 0 Å². The molecule has 0 unspecified atom stereocenters. The van der Waals surface area contributed by atoms with Gasteiger partial charge in [0.2, 0.25) is 0 Å². The van der Waals surface area contributed by atoms with E-state index in [-0.39, 0.29) is 12.8 Å². The molecule has 2 amide bonds. The summed E-state index contributed by atoms with van der Waals surface area (Å²) in [5, 5.41) is 21.6. The molecule has 13 heteroatoms. The molecule has 6 N–H and O–H groups in total. The average molecular weight is 380 g/mol. The number of imidazole rings is 2. The van der Waals surface area contributed by atoms with Gasteiger partial charge < -0.3 is 35.6 Å². The fourth-order valence-corrected chi connectivity index (χ4v) is 2.16. The van der Waals surface area contributed by atoms with Gasteiger partial charge in [0.1, 0.15) is 12.1 Å². The molecule has 27 heavy (non-hydrogen) atoms. The molecule has 0 bridgehead atoms. The van der Waals surface area contributed by atoms with Crippen molar-refractivity contribution in [1.82, 2.24) is 30.6 Å². The molecule has 2 rings (SSSR count). The number of hydrogen-bond donors (Lipinski definition) is 6. The Morgan fingerprint density at radius 1 is 0.889 bits per heavy atom. The van der Waals surface area contributed by atoms with Crippen LogP contribution in [0.15, 0.2) is 25.0 Å². The van der Waals surface area contributed by atoms with E-state index in [2.05, 4.69) is 24.7 Å². The number of carbonyl (C=O) groups is 4. The third kappa shape index (κ3) is 6.15. The monoisotopic (exact) mass is 380 g/mol. The molecule has 144 valence electrons. The molecule has 0 spiro atoms. The SMILES string of the molecule is O=C(O)N[C@@H](Cc1cnc[nH]1)C(=O)OC(=O)[C@H](Cc1cnc[nH]1)NC(=O)O. The summed E-state index contributed by atoms with van der Waals surface area (Å²) in [4.78, 5) is 59.1. The van der Waals surface area contributed by atoms with Crippen molar-refractivity contribution in [2.45, 2.75) is 24.9 Å². The van der Waals surface area contributed by atoms with Crippen molar-refractivity contribution in [3.63, 3.8) is 0 Å². The van der Waals surface area contributed by atoms with E-state index in [1.54, 1.807) is 0 Å². The number of carboxylic acid groups (broad SMARTS) is 2. The summed E-state index contributed by atoms with van der Waals surface area (Å²) >= 11 is 0. The van der Waals surface area contributed by atoms with E-state index in [1.165, 1.54) is 25.0 Å². The lowest BCUT2D eigenvalue weighted by Gasteiger charge is -2.18. The van der Waals surface area contributed by atoms with Crippen molar-refractivity contribution in [2.75, 3.05) is 0 Å². The van der Waals surface area contributed by atoms with Crippen LogP contribution in [0.3, 0.4) is 0 Å². The highest BCUT2D eigenvalue weighted by atomic mass is 16.6. The first-order chi connectivity index (χ1) is 12.8. The Kier molecular flexibility index (Phi) is 6.46. The molecule has 0 saturated carbocycles. The number of ether oxygens (including phenoxy) is 1.